The summed E-state index contributed by atoms with van der Waals surface area (Å²) in [5.41, 5.74) is 0. The Morgan fingerprint density at radius 3 is 2.50 bits per heavy atom. The second-order valence-corrected chi connectivity index (χ2v) is 8.27. The van der Waals surface area contributed by atoms with Crippen LogP contribution in [0.25, 0.3) is 0 Å². The third-order valence-corrected chi connectivity index (χ3v) is 6.05. The van der Waals surface area contributed by atoms with Crippen LogP contribution in [0.3, 0.4) is 0 Å². The third kappa shape index (κ3) is 8.66. The molecule has 2 fully saturated rings. The van der Waals surface area contributed by atoms with E-state index in [1.165, 1.54) is 32.1 Å². The van der Waals surface area contributed by atoms with Gasteiger partial charge in [-0.3, -0.25) is 4.99 Å². The molecule has 1 heterocycles. The normalized spacial score (nSPS) is 20.1. The van der Waals surface area contributed by atoms with Gasteiger partial charge in [0.2, 0.25) is 0 Å². The molecular formula is C22H44N4O2. The van der Waals surface area contributed by atoms with E-state index in [9.17, 15) is 0 Å². The third-order valence-electron chi connectivity index (χ3n) is 6.05. The van der Waals surface area contributed by atoms with Crippen LogP contribution in [0.4, 0.5) is 0 Å². The van der Waals surface area contributed by atoms with Gasteiger partial charge in [-0.15, -0.1) is 0 Å². The van der Waals surface area contributed by atoms with E-state index in [-0.39, 0.29) is 0 Å². The van der Waals surface area contributed by atoms with E-state index >= 15 is 0 Å². The molecule has 0 unspecified atom stereocenters. The number of guanidine groups is 1. The fourth-order valence-electron chi connectivity index (χ4n) is 4.32. The molecule has 0 amide bonds. The number of hydrogen-bond donors (Lipinski definition) is 1. The number of nitrogens with one attached hydrogen (secondary N) is 1. The molecule has 1 saturated carbocycles. The van der Waals surface area contributed by atoms with Crippen molar-refractivity contribution in [3.8, 4) is 0 Å². The topological polar surface area (TPSA) is 49.3 Å². The quantitative estimate of drug-likeness (QED) is 0.330. The summed E-state index contributed by atoms with van der Waals surface area (Å²) in [5, 5.41) is 3.48. The van der Waals surface area contributed by atoms with Crippen molar-refractivity contribution < 1.29 is 9.47 Å². The van der Waals surface area contributed by atoms with E-state index in [0.717, 1.165) is 83.6 Å². The molecule has 0 aromatic rings. The highest BCUT2D eigenvalue weighted by Crippen LogP contribution is 2.21. The lowest BCUT2D eigenvalue weighted by atomic mass is 9.94. The first-order chi connectivity index (χ1) is 13.7. The molecule has 0 radical (unpaired) electrons. The maximum absolute atomic E-state index is 5.98. The minimum Gasteiger partial charge on any atom is -0.385 e. The lowest BCUT2D eigenvalue weighted by Crippen LogP contribution is -2.47. The molecular weight excluding hydrogens is 352 g/mol. The number of likely N-dealkylation sites (tertiary alicyclic amines) is 1. The van der Waals surface area contributed by atoms with E-state index in [1.807, 2.05) is 0 Å². The van der Waals surface area contributed by atoms with E-state index in [0.29, 0.717) is 6.10 Å². The van der Waals surface area contributed by atoms with Crippen LogP contribution in [0.2, 0.25) is 0 Å². The van der Waals surface area contributed by atoms with Crippen molar-refractivity contribution in [1.29, 1.82) is 0 Å². The molecule has 164 valence electrons. The van der Waals surface area contributed by atoms with Crippen LogP contribution in [0.15, 0.2) is 4.99 Å². The van der Waals surface area contributed by atoms with E-state index < -0.39 is 0 Å². The average Bonchev–Trinajstić information content (AvgIpc) is 2.74. The van der Waals surface area contributed by atoms with Crippen molar-refractivity contribution in [2.24, 2.45) is 4.99 Å². The van der Waals surface area contributed by atoms with Gasteiger partial charge in [-0.1, -0.05) is 19.3 Å². The molecule has 28 heavy (non-hydrogen) atoms. The second-order valence-electron chi connectivity index (χ2n) is 8.27. The van der Waals surface area contributed by atoms with Gasteiger partial charge in [0.25, 0.3) is 0 Å². The van der Waals surface area contributed by atoms with Crippen LogP contribution >= 0.6 is 0 Å². The van der Waals surface area contributed by atoms with Gasteiger partial charge in [0.1, 0.15) is 0 Å². The van der Waals surface area contributed by atoms with E-state index in [4.69, 9.17) is 14.5 Å². The van der Waals surface area contributed by atoms with Crippen molar-refractivity contribution in [3.63, 3.8) is 0 Å². The number of hydrogen-bond acceptors (Lipinski definition) is 4. The summed E-state index contributed by atoms with van der Waals surface area (Å²) in [4.78, 5) is 9.88. The van der Waals surface area contributed by atoms with Gasteiger partial charge in [0, 0.05) is 52.5 Å². The summed E-state index contributed by atoms with van der Waals surface area (Å²) in [6.45, 7) is 8.79. The maximum Gasteiger partial charge on any atom is 0.193 e. The van der Waals surface area contributed by atoms with Gasteiger partial charge in [0.15, 0.2) is 5.96 Å². The zero-order chi connectivity index (χ0) is 20.0. The van der Waals surface area contributed by atoms with Crippen LogP contribution < -0.4 is 5.32 Å². The number of rotatable bonds is 11. The zero-order valence-electron chi connectivity index (χ0n) is 18.6. The number of methoxy groups -OCH3 is 1. The minimum absolute atomic E-state index is 0.389. The Morgan fingerprint density at radius 2 is 1.82 bits per heavy atom. The Hall–Kier alpha value is -0.850. The SMILES string of the molecule is CCNC(=NCCCN(C)C1CCCCC1)N1CCC(OCCCOC)CC1. The molecule has 0 aromatic carbocycles. The van der Waals surface area contributed by atoms with Crippen molar-refractivity contribution in [3.05, 3.63) is 0 Å². The van der Waals surface area contributed by atoms with Crippen molar-refractivity contribution in [2.75, 3.05) is 60.1 Å². The molecule has 0 atom stereocenters. The standard InChI is InChI=1S/C22H44N4O2/c1-4-23-22(24-14-8-15-25(2)20-10-6-5-7-11-20)26-16-12-21(13-17-26)28-19-9-18-27-3/h20-21H,4-19H2,1-3H3,(H,23,24). The Labute approximate surface area is 173 Å². The van der Waals surface area contributed by atoms with Gasteiger partial charge in [0.05, 0.1) is 6.10 Å². The lowest BCUT2D eigenvalue weighted by Gasteiger charge is -2.34. The summed E-state index contributed by atoms with van der Waals surface area (Å²) in [6.07, 6.45) is 11.7. The number of piperidine rings is 1. The smallest absolute Gasteiger partial charge is 0.193 e. The molecule has 0 aromatic heterocycles. The highest BCUT2D eigenvalue weighted by molar-refractivity contribution is 5.80. The number of ether oxygens (including phenoxy) is 2. The molecule has 1 N–H and O–H groups in total. The van der Waals surface area contributed by atoms with Gasteiger partial charge in [-0.25, -0.2) is 0 Å². The van der Waals surface area contributed by atoms with Crippen LogP contribution in [0.5, 0.6) is 0 Å². The van der Waals surface area contributed by atoms with Crippen LogP contribution in [0.1, 0.15) is 64.7 Å². The van der Waals surface area contributed by atoms with Crippen LogP contribution in [0, 0.1) is 0 Å². The highest BCUT2D eigenvalue weighted by atomic mass is 16.5. The van der Waals surface area contributed by atoms with Gasteiger partial charge < -0.3 is 24.6 Å². The average molecular weight is 397 g/mol. The molecule has 1 aliphatic heterocycles. The summed E-state index contributed by atoms with van der Waals surface area (Å²) in [6, 6.07) is 0.800. The van der Waals surface area contributed by atoms with Crippen LogP contribution in [-0.2, 0) is 9.47 Å². The van der Waals surface area contributed by atoms with Crippen LogP contribution in [-0.4, -0.2) is 88.0 Å². The molecule has 2 rings (SSSR count). The summed E-state index contributed by atoms with van der Waals surface area (Å²) >= 11 is 0. The Balaban J connectivity index is 1.67. The molecule has 1 aliphatic carbocycles. The largest absolute Gasteiger partial charge is 0.385 e. The molecule has 1 saturated heterocycles. The maximum atomic E-state index is 5.98. The van der Waals surface area contributed by atoms with Crippen molar-refractivity contribution >= 4 is 5.96 Å². The van der Waals surface area contributed by atoms with E-state index in [2.05, 4.69) is 29.1 Å². The fourth-order valence-corrected chi connectivity index (χ4v) is 4.32. The Bertz CT molecular complexity index is 419. The minimum atomic E-state index is 0.389. The van der Waals surface area contributed by atoms with E-state index in [1.54, 1.807) is 7.11 Å². The molecule has 6 heteroatoms. The number of aliphatic imine (C=N–C) groups is 1. The first-order valence-electron chi connectivity index (χ1n) is 11.6. The predicted molar refractivity (Wildman–Crippen MR) is 117 cm³/mol. The van der Waals surface area contributed by atoms with Crippen molar-refractivity contribution in [1.82, 2.24) is 15.1 Å². The van der Waals surface area contributed by atoms with Crippen molar-refractivity contribution in [2.45, 2.75) is 76.9 Å². The summed E-state index contributed by atoms with van der Waals surface area (Å²) in [5.74, 6) is 1.08. The Morgan fingerprint density at radius 1 is 1.07 bits per heavy atom. The first-order valence-corrected chi connectivity index (χ1v) is 11.6. The highest BCUT2D eigenvalue weighted by Gasteiger charge is 2.22. The Kier molecular flexibility index (Phi) is 11.9. The molecule has 6 nitrogen and oxygen atoms in total. The van der Waals surface area contributed by atoms with Gasteiger partial charge in [-0.2, -0.15) is 0 Å². The molecule has 2 aliphatic rings. The summed E-state index contributed by atoms with van der Waals surface area (Å²) < 4.78 is 11.1. The molecule has 0 bridgehead atoms. The monoisotopic (exact) mass is 396 g/mol. The predicted octanol–water partition coefficient (Wildman–Crippen LogP) is 3.12. The lowest BCUT2D eigenvalue weighted by molar-refractivity contribution is 0.00990. The van der Waals surface area contributed by atoms with Gasteiger partial charge in [-0.05, 0) is 59.0 Å². The fraction of sp³-hybridized carbons (Fsp3) is 0.955. The number of nitrogens with zero attached hydrogens (tertiary/aromatic N) is 3. The summed E-state index contributed by atoms with van der Waals surface area (Å²) in [7, 11) is 4.04. The molecule has 0 spiro atoms. The second kappa shape index (κ2) is 14.2. The zero-order valence-corrected chi connectivity index (χ0v) is 18.6. The first kappa shape index (κ1) is 23.4. The van der Waals surface area contributed by atoms with Gasteiger partial charge >= 0.3 is 0 Å².